The number of nitrogens with one attached hydrogen (secondary N) is 1. The van der Waals surface area contributed by atoms with E-state index in [0.717, 1.165) is 37.9 Å². The third kappa shape index (κ3) is 3.38. The van der Waals surface area contributed by atoms with Gasteiger partial charge in [-0.15, -0.1) is 5.10 Å². The molecule has 1 atom stereocenters. The van der Waals surface area contributed by atoms with E-state index in [0.29, 0.717) is 17.9 Å². The predicted octanol–water partition coefficient (Wildman–Crippen LogP) is 3.59. The Morgan fingerprint density at radius 1 is 1.13 bits per heavy atom. The first-order valence-corrected chi connectivity index (χ1v) is 9.36. The average molecular weight is 331 g/mol. The normalized spacial score (nSPS) is 23.7. The lowest BCUT2D eigenvalue weighted by atomic mass is 9.85. The molecule has 1 spiro atoms. The lowest BCUT2D eigenvalue weighted by Gasteiger charge is -2.43. The van der Waals surface area contributed by atoms with Gasteiger partial charge in [-0.2, -0.15) is 11.8 Å². The number of benzene rings is 1. The molecular weight excluding hydrogens is 310 g/mol. The Balaban J connectivity index is 1.43. The van der Waals surface area contributed by atoms with Crippen LogP contribution >= 0.6 is 11.8 Å². The van der Waals surface area contributed by atoms with Crippen LogP contribution in [0.3, 0.4) is 0 Å². The number of nitrogens with zero attached hydrogens (tertiary/aromatic N) is 2. The molecule has 23 heavy (non-hydrogen) atoms. The molecule has 4 rings (SSSR count). The number of hydrogen-bond donors (Lipinski definition) is 1. The fourth-order valence-corrected chi connectivity index (χ4v) is 4.63. The highest BCUT2D eigenvalue weighted by molar-refractivity contribution is 7.99. The first kappa shape index (κ1) is 15.0. The smallest absolute Gasteiger partial charge is 0.315 e. The van der Waals surface area contributed by atoms with E-state index in [1.807, 2.05) is 42.1 Å². The summed E-state index contributed by atoms with van der Waals surface area (Å²) in [6.07, 6.45) is 4.30. The van der Waals surface area contributed by atoms with Crippen LogP contribution in [0.15, 0.2) is 34.7 Å². The molecule has 0 aliphatic carbocycles. The summed E-state index contributed by atoms with van der Waals surface area (Å²) in [5.41, 5.74) is 1.00. The molecule has 2 fully saturated rings. The number of anilines is 1. The van der Waals surface area contributed by atoms with Gasteiger partial charge in [-0.3, -0.25) is 0 Å². The first-order valence-electron chi connectivity index (χ1n) is 8.20. The van der Waals surface area contributed by atoms with Gasteiger partial charge >= 0.3 is 6.01 Å². The lowest BCUT2D eigenvalue weighted by molar-refractivity contribution is -0.0867. The van der Waals surface area contributed by atoms with Crippen molar-refractivity contribution in [1.29, 1.82) is 0 Å². The molecule has 2 saturated heterocycles. The zero-order chi connectivity index (χ0) is 15.5. The van der Waals surface area contributed by atoms with E-state index < -0.39 is 0 Å². The van der Waals surface area contributed by atoms with Crippen LogP contribution in [0.25, 0.3) is 11.5 Å². The summed E-state index contributed by atoms with van der Waals surface area (Å²) in [4.78, 5) is 0. The van der Waals surface area contributed by atoms with Crippen molar-refractivity contribution in [2.75, 3.05) is 23.4 Å². The molecule has 2 aliphatic rings. The van der Waals surface area contributed by atoms with Crippen molar-refractivity contribution in [3.63, 3.8) is 0 Å². The molecule has 0 bridgehead atoms. The zero-order valence-electron chi connectivity index (χ0n) is 13.0. The van der Waals surface area contributed by atoms with Crippen LogP contribution in [0.4, 0.5) is 6.01 Å². The molecule has 0 saturated carbocycles. The number of thioether (sulfide) groups is 1. The van der Waals surface area contributed by atoms with Gasteiger partial charge in [0.1, 0.15) is 0 Å². The van der Waals surface area contributed by atoms with Gasteiger partial charge < -0.3 is 14.5 Å². The molecule has 2 aliphatic heterocycles. The minimum absolute atomic E-state index is 0.0590. The largest absolute Gasteiger partial charge is 0.403 e. The Bertz CT molecular complexity index is 635. The Morgan fingerprint density at radius 3 is 2.78 bits per heavy atom. The third-order valence-electron chi connectivity index (χ3n) is 4.67. The Kier molecular flexibility index (Phi) is 4.27. The van der Waals surface area contributed by atoms with Crippen LogP contribution in [0, 0.1) is 0 Å². The summed E-state index contributed by atoms with van der Waals surface area (Å²) in [5, 5.41) is 11.7. The van der Waals surface area contributed by atoms with Crippen molar-refractivity contribution in [2.24, 2.45) is 0 Å². The molecule has 2 aromatic rings. The van der Waals surface area contributed by atoms with Gasteiger partial charge in [-0.05, 0) is 49.3 Å². The van der Waals surface area contributed by atoms with Crippen molar-refractivity contribution in [2.45, 2.75) is 37.3 Å². The number of rotatable bonds is 3. The SMILES string of the molecule is c1ccc(-c2nnc(NC3CCOC4(CCSCC4)C3)o2)cc1. The molecule has 122 valence electrons. The zero-order valence-corrected chi connectivity index (χ0v) is 13.8. The van der Waals surface area contributed by atoms with Crippen LogP contribution in [-0.4, -0.2) is 40.0 Å². The summed E-state index contributed by atoms with van der Waals surface area (Å²) in [7, 11) is 0. The summed E-state index contributed by atoms with van der Waals surface area (Å²) in [5.74, 6) is 2.96. The van der Waals surface area contributed by atoms with Crippen LogP contribution < -0.4 is 5.32 Å². The summed E-state index contributed by atoms with van der Waals surface area (Å²) in [6.45, 7) is 0.808. The second-order valence-electron chi connectivity index (χ2n) is 6.26. The molecule has 3 heterocycles. The maximum absolute atomic E-state index is 6.13. The van der Waals surface area contributed by atoms with Gasteiger partial charge in [0.25, 0.3) is 0 Å². The molecule has 0 amide bonds. The average Bonchev–Trinajstić information content (AvgIpc) is 3.05. The van der Waals surface area contributed by atoms with Crippen LogP contribution in [0.2, 0.25) is 0 Å². The molecule has 6 heteroatoms. The number of hydrogen-bond acceptors (Lipinski definition) is 6. The topological polar surface area (TPSA) is 60.2 Å². The van der Waals surface area contributed by atoms with Crippen molar-refractivity contribution in [3.8, 4) is 11.5 Å². The van der Waals surface area contributed by atoms with E-state index in [1.165, 1.54) is 11.5 Å². The Hall–Kier alpha value is -1.53. The van der Waals surface area contributed by atoms with E-state index in [1.54, 1.807) is 0 Å². The molecule has 5 nitrogen and oxygen atoms in total. The Morgan fingerprint density at radius 2 is 1.96 bits per heavy atom. The highest BCUT2D eigenvalue weighted by Crippen LogP contribution is 2.38. The van der Waals surface area contributed by atoms with Gasteiger partial charge in [-0.25, -0.2) is 0 Å². The maximum Gasteiger partial charge on any atom is 0.315 e. The molecule has 1 unspecified atom stereocenters. The highest BCUT2D eigenvalue weighted by Gasteiger charge is 2.39. The van der Waals surface area contributed by atoms with Gasteiger partial charge in [0.05, 0.1) is 5.60 Å². The quantitative estimate of drug-likeness (QED) is 0.927. The van der Waals surface area contributed by atoms with Gasteiger partial charge in [-0.1, -0.05) is 23.3 Å². The number of aromatic nitrogens is 2. The van der Waals surface area contributed by atoms with Crippen molar-refractivity contribution in [3.05, 3.63) is 30.3 Å². The maximum atomic E-state index is 6.13. The summed E-state index contributed by atoms with van der Waals surface area (Å²) in [6, 6.07) is 10.7. The number of ether oxygens (including phenoxy) is 1. The van der Waals surface area contributed by atoms with Crippen LogP contribution in [-0.2, 0) is 4.74 Å². The van der Waals surface area contributed by atoms with E-state index in [2.05, 4.69) is 15.5 Å². The monoisotopic (exact) mass is 331 g/mol. The van der Waals surface area contributed by atoms with E-state index >= 15 is 0 Å². The van der Waals surface area contributed by atoms with Gasteiger partial charge in [0.15, 0.2) is 0 Å². The second kappa shape index (κ2) is 6.53. The lowest BCUT2D eigenvalue weighted by Crippen LogP contribution is -2.46. The second-order valence-corrected chi connectivity index (χ2v) is 7.48. The van der Waals surface area contributed by atoms with Crippen LogP contribution in [0.5, 0.6) is 0 Å². The highest BCUT2D eigenvalue weighted by atomic mass is 32.2. The minimum Gasteiger partial charge on any atom is -0.403 e. The van der Waals surface area contributed by atoms with Gasteiger partial charge in [0.2, 0.25) is 5.89 Å². The molecule has 1 aromatic heterocycles. The van der Waals surface area contributed by atoms with E-state index in [-0.39, 0.29) is 5.60 Å². The first-order chi connectivity index (χ1) is 11.3. The van der Waals surface area contributed by atoms with Crippen molar-refractivity contribution >= 4 is 17.8 Å². The molecule has 0 radical (unpaired) electrons. The fraction of sp³-hybridized carbons (Fsp3) is 0.529. The fourth-order valence-electron chi connectivity index (χ4n) is 3.40. The molecule has 1 aromatic carbocycles. The van der Waals surface area contributed by atoms with Crippen LogP contribution in [0.1, 0.15) is 25.7 Å². The predicted molar refractivity (Wildman–Crippen MR) is 91.6 cm³/mol. The van der Waals surface area contributed by atoms with E-state index in [4.69, 9.17) is 9.15 Å². The molecular formula is C17H21N3O2S. The molecule has 1 N–H and O–H groups in total. The Labute approximate surface area is 140 Å². The summed E-state index contributed by atoms with van der Waals surface area (Å²) < 4.78 is 11.9. The minimum atomic E-state index is 0.0590. The third-order valence-corrected chi connectivity index (χ3v) is 5.66. The van der Waals surface area contributed by atoms with E-state index in [9.17, 15) is 0 Å². The van der Waals surface area contributed by atoms with Crippen molar-refractivity contribution in [1.82, 2.24) is 10.2 Å². The standard InChI is InChI=1S/C17H21N3O2S/c1-2-4-13(5-3-1)15-19-20-16(22-15)18-14-6-9-21-17(12-14)7-10-23-11-8-17/h1-5,14H,6-12H2,(H,18,20). The van der Waals surface area contributed by atoms with Crippen molar-refractivity contribution < 1.29 is 9.15 Å². The van der Waals surface area contributed by atoms with Gasteiger partial charge in [0, 0.05) is 18.2 Å². The summed E-state index contributed by atoms with van der Waals surface area (Å²) >= 11 is 2.03.